The summed E-state index contributed by atoms with van der Waals surface area (Å²) in [5.74, 6) is -0.164. The van der Waals surface area contributed by atoms with Crippen LogP contribution in [0, 0.1) is 0 Å². The lowest BCUT2D eigenvalue weighted by molar-refractivity contribution is -0.888. The van der Waals surface area contributed by atoms with Crippen LogP contribution < -0.4 is 5.73 Å². The van der Waals surface area contributed by atoms with E-state index in [1.165, 1.54) is 97.1 Å². The maximum absolute atomic E-state index is 10.5. The van der Waals surface area contributed by atoms with Crippen molar-refractivity contribution in [2.45, 2.75) is 124 Å². The number of carbonyl (C=O) groups is 1. The van der Waals surface area contributed by atoms with E-state index in [1.54, 1.807) is 0 Å². The molecule has 0 aliphatic heterocycles. The lowest BCUT2D eigenvalue weighted by Crippen LogP contribution is -2.39. The first-order valence-corrected chi connectivity index (χ1v) is 15.2. The van der Waals surface area contributed by atoms with Gasteiger partial charge in [-0.1, -0.05) is 77.4 Å². The van der Waals surface area contributed by atoms with Gasteiger partial charge in [0.1, 0.15) is 0 Å². The summed E-state index contributed by atoms with van der Waals surface area (Å²) in [5.41, 5.74) is 5.10. The van der Waals surface area contributed by atoms with Crippen molar-refractivity contribution >= 4 is 16.3 Å². The Labute approximate surface area is 218 Å². The predicted molar refractivity (Wildman–Crippen MR) is 150 cm³/mol. The molecule has 0 unspecified atom stereocenters. The molecule has 0 aromatic rings. The quantitative estimate of drug-likeness (QED) is 0.0787. The molecule has 3 N–H and O–H groups in total. The number of amides is 1. The summed E-state index contributed by atoms with van der Waals surface area (Å²) in [6.45, 7) is 10.7. The fourth-order valence-corrected chi connectivity index (χ4v) is 3.58. The number of nitrogens with two attached hydrogens (primary N) is 1. The SMILES string of the molecule is CCCCCCCC/C=C\CCCCCCCC(N)=O.CCC[N+](C)(C)CC.CCOS(=O)(=O)O. The molecular formula is C27H59N2O5S+. The summed E-state index contributed by atoms with van der Waals surface area (Å²) in [5, 5.41) is 0. The average molecular weight is 524 g/mol. The number of nitrogens with zero attached hydrogens (tertiary/aromatic N) is 1. The number of quaternary nitrogens is 1. The lowest BCUT2D eigenvalue weighted by Gasteiger charge is -2.27. The van der Waals surface area contributed by atoms with Gasteiger partial charge in [-0.2, -0.15) is 8.42 Å². The van der Waals surface area contributed by atoms with Crippen LogP contribution in [0.2, 0.25) is 0 Å². The van der Waals surface area contributed by atoms with Crippen LogP contribution in [0.4, 0.5) is 0 Å². The van der Waals surface area contributed by atoms with E-state index in [0.29, 0.717) is 6.42 Å². The molecule has 7 nitrogen and oxygen atoms in total. The normalized spacial score (nSPS) is 11.5. The molecule has 0 saturated carbocycles. The highest BCUT2D eigenvalue weighted by Crippen LogP contribution is 2.09. The smallest absolute Gasteiger partial charge is 0.370 e. The number of carbonyl (C=O) groups excluding carboxylic acids is 1. The molecule has 1 amide bonds. The zero-order chi connectivity index (χ0) is 27.4. The van der Waals surface area contributed by atoms with Crippen LogP contribution >= 0.6 is 0 Å². The Balaban J connectivity index is -0.000000557. The van der Waals surface area contributed by atoms with E-state index in [4.69, 9.17) is 10.3 Å². The molecular weight excluding hydrogens is 464 g/mol. The number of rotatable bonds is 20. The first-order valence-electron chi connectivity index (χ1n) is 13.8. The zero-order valence-corrected chi connectivity index (χ0v) is 24.7. The third kappa shape index (κ3) is 43.5. The van der Waals surface area contributed by atoms with E-state index in [0.717, 1.165) is 17.3 Å². The molecule has 212 valence electrons. The fraction of sp³-hybridized carbons (Fsp3) is 0.889. The van der Waals surface area contributed by atoms with Crippen LogP contribution in [-0.2, 0) is 19.4 Å². The molecule has 0 atom stereocenters. The molecule has 0 rings (SSSR count). The summed E-state index contributed by atoms with van der Waals surface area (Å²) in [6, 6.07) is 0. The van der Waals surface area contributed by atoms with Crippen LogP contribution in [0.15, 0.2) is 12.2 Å². The maximum Gasteiger partial charge on any atom is 0.397 e. The minimum atomic E-state index is -4.17. The molecule has 0 aromatic heterocycles. The van der Waals surface area contributed by atoms with Gasteiger partial charge in [0.2, 0.25) is 5.91 Å². The van der Waals surface area contributed by atoms with E-state index < -0.39 is 10.4 Å². The molecule has 0 radical (unpaired) electrons. The third-order valence-corrected chi connectivity index (χ3v) is 6.17. The monoisotopic (exact) mass is 523 g/mol. The molecule has 0 aliphatic carbocycles. The summed E-state index contributed by atoms with van der Waals surface area (Å²) in [7, 11) is 0.361. The number of hydrogen-bond acceptors (Lipinski definition) is 4. The van der Waals surface area contributed by atoms with Gasteiger partial charge in [0.15, 0.2) is 0 Å². The summed E-state index contributed by atoms with van der Waals surface area (Å²) < 4.78 is 31.8. The molecule has 0 aliphatic rings. The highest BCUT2D eigenvalue weighted by molar-refractivity contribution is 7.80. The van der Waals surface area contributed by atoms with Crippen molar-refractivity contribution in [1.29, 1.82) is 0 Å². The van der Waals surface area contributed by atoms with Crippen LogP contribution in [0.3, 0.4) is 0 Å². The number of primary amides is 1. The minimum absolute atomic E-state index is 0.0289. The van der Waals surface area contributed by atoms with E-state index in [-0.39, 0.29) is 12.5 Å². The van der Waals surface area contributed by atoms with Crippen molar-refractivity contribution in [1.82, 2.24) is 0 Å². The summed E-state index contributed by atoms with van der Waals surface area (Å²) in [6.07, 6.45) is 23.2. The lowest BCUT2D eigenvalue weighted by atomic mass is 10.1. The van der Waals surface area contributed by atoms with Crippen molar-refractivity contribution in [3.63, 3.8) is 0 Å². The largest absolute Gasteiger partial charge is 0.397 e. The minimum Gasteiger partial charge on any atom is -0.370 e. The molecule has 8 heteroatoms. The van der Waals surface area contributed by atoms with Gasteiger partial charge >= 0.3 is 10.4 Å². The standard InChI is InChI=1S/C18H35NO.C7H18N.C2H6O4S/c1-2-3-4-5-6-7-8-9-10-11-12-13-14-15-16-17-18(19)20;1-5-7-8(3,4)6-2;1-2-6-7(3,4)5/h9-10H,2-8,11-17H2,1H3,(H2,19,20);5-7H2,1-4H3;2H2,1H3,(H,3,4,5)/q;+1;/b10-9-;;. The fourth-order valence-electron chi connectivity index (χ4n) is 3.28. The first-order chi connectivity index (χ1) is 16.5. The second-order valence-electron chi connectivity index (χ2n) is 9.61. The predicted octanol–water partition coefficient (Wildman–Crippen LogP) is 6.83. The molecule has 0 fully saturated rings. The van der Waals surface area contributed by atoms with E-state index in [1.807, 2.05) is 0 Å². The molecule has 35 heavy (non-hydrogen) atoms. The number of allylic oxidation sites excluding steroid dienone is 2. The average Bonchev–Trinajstić information content (AvgIpc) is 2.76. The topological polar surface area (TPSA) is 107 Å². The van der Waals surface area contributed by atoms with Crippen LogP contribution in [-0.4, -0.2) is 57.2 Å². The van der Waals surface area contributed by atoms with Gasteiger partial charge in [-0.3, -0.25) is 9.35 Å². The van der Waals surface area contributed by atoms with Gasteiger partial charge in [-0.05, 0) is 52.4 Å². The Hall–Kier alpha value is -0.960. The van der Waals surface area contributed by atoms with Gasteiger partial charge in [-0.15, -0.1) is 0 Å². The van der Waals surface area contributed by atoms with Crippen molar-refractivity contribution in [3.05, 3.63) is 12.2 Å². The molecule has 0 saturated heterocycles. The van der Waals surface area contributed by atoms with Crippen molar-refractivity contribution in [2.24, 2.45) is 5.73 Å². The summed E-state index contributed by atoms with van der Waals surface area (Å²) in [4.78, 5) is 10.5. The van der Waals surface area contributed by atoms with Crippen LogP contribution in [0.1, 0.15) is 124 Å². The second-order valence-corrected chi connectivity index (χ2v) is 10.7. The Morgan fingerprint density at radius 3 is 1.57 bits per heavy atom. The van der Waals surface area contributed by atoms with Crippen molar-refractivity contribution in [3.8, 4) is 0 Å². The van der Waals surface area contributed by atoms with Gasteiger partial charge in [-0.25, -0.2) is 4.18 Å². The highest BCUT2D eigenvalue weighted by Gasteiger charge is 2.07. The third-order valence-electron chi connectivity index (χ3n) is 5.64. The van der Waals surface area contributed by atoms with E-state index in [2.05, 4.69) is 51.2 Å². The van der Waals surface area contributed by atoms with Gasteiger partial charge in [0, 0.05) is 6.42 Å². The molecule has 0 bridgehead atoms. The Morgan fingerprint density at radius 1 is 0.800 bits per heavy atom. The first kappa shape index (κ1) is 38.6. The molecule has 0 spiro atoms. The number of unbranched alkanes of at least 4 members (excludes halogenated alkanes) is 11. The maximum atomic E-state index is 10.5. The summed E-state index contributed by atoms with van der Waals surface area (Å²) >= 11 is 0. The van der Waals surface area contributed by atoms with E-state index in [9.17, 15) is 13.2 Å². The van der Waals surface area contributed by atoms with Gasteiger partial charge < -0.3 is 10.2 Å². The second kappa shape index (κ2) is 27.6. The zero-order valence-electron chi connectivity index (χ0n) is 23.9. The molecule has 0 heterocycles. The van der Waals surface area contributed by atoms with Crippen molar-refractivity contribution < 1.29 is 26.4 Å². The van der Waals surface area contributed by atoms with E-state index >= 15 is 0 Å². The van der Waals surface area contributed by atoms with Crippen molar-refractivity contribution in [2.75, 3.05) is 33.8 Å². The van der Waals surface area contributed by atoms with Crippen LogP contribution in [0.25, 0.3) is 0 Å². The Morgan fingerprint density at radius 2 is 1.26 bits per heavy atom. The Bertz CT molecular complexity index is 578. The number of hydrogen-bond donors (Lipinski definition) is 2. The van der Waals surface area contributed by atoms with Gasteiger partial charge in [0.25, 0.3) is 0 Å². The Kier molecular flexibility index (Phi) is 30.4. The highest BCUT2D eigenvalue weighted by atomic mass is 32.3. The molecule has 0 aromatic carbocycles. The van der Waals surface area contributed by atoms with Crippen LogP contribution in [0.5, 0.6) is 0 Å². The van der Waals surface area contributed by atoms with Gasteiger partial charge in [0.05, 0.1) is 33.8 Å².